The van der Waals surface area contributed by atoms with Gasteiger partial charge in [0.05, 0.1) is 7.11 Å². The molecule has 0 amide bonds. The zero-order valence-electron chi connectivity index (χ0n) is 12.0. The molecule has 0 aliphatic heterocycles. The maximum atomic E-state index is 5.66. The fourth-order valence-corrected chi connectivity index (χ4v) is 3.14. The molecule has 1 aromatic rings. The highest BCUT2D eigenvalue weighted by Crippen LogP contribution is 2.39. The molecule has 0 bridgehead atoms. The van der Waals surface area contributed by atoms with Gasteiger partial charge in [0.25, 0.3) is 0 Å². The summed E-state index contributed by atoms with van der Waals surface area (Å²) >= 11 is 0. The molecule has 0 saturated heterocycles. The summed E-state index contributed by atoms with van der Waals surface area (Å²) in [6, 6.07) is 5.16. The molecular weight excluding hydrogens is 222 g/mol. The minimum atomic E-state index is 0.644. The molecule has 1 saturated carbocycles. The fraction of sp³-hybridized carbons (Fsp3) is 0.625. The van der Waals surface area contributed by atoms with Crippen LogP contribution in [0.25, 0.3) is 0 Å². The van der Waals surface area contributed by atoms with Crippen molar-refractivity contribution in [3.8, 4) is 5.75 Å². The number of rotatable bonds is 3. The van der Waals surface area contributed by atoms with Crippen LogP contribution in [0, 0.1) is 13.8 Å². The molecule has 2 heteroatoms. The monoisotopic (exact) mass is 247 g/mol. The summed E-state index contributed by atoms with van der Waals surface area (Å²) in [5.74, 6) is 1.75. The molecule has 18 heavy (non-hydrogen) atoms. The Morgan fingerprint density at radius 1 is 1.22 bits per heavy atom. The van der Waals surface area contributed by atoms with E-state index in [1.54, 1.807) is 7.11 Å². The van der Waals surface area contributed by atoms with E-state index in [1.807, 2.05) is 0 Å². The summed E-state index contributed by atoms with van der Waals surface area (Å²) in [5, 5.41) is 3.43. The van der Waals surface area contributed by atoms with Crippen LogP contribution in [0.4, 0.5) is 0 Å². The lowest BCUT2D eigenvalue weighted by atomic mass is 9.80. The number of ether oxygens (including phenoxy) is 1. The van der Waals surface area contributed by atoms with Gasteiger partial charge >= 0.3 is 0 Å². The number of hydrogen-bond donors (Lipinski definition) is 1. The van der Waals surface area contributed by atoms with E-state index in [0.717, 1.165) is 5.75 Å². The van der Waals surface area contributed by atoms with E-state index >= 15 is 0 Å². The molecule has 0 aromatic heterocycles. The maximum absolute atomic E-state index is 5.66. The Labute approximate surface area is 111 Å². The van der Waals surface area contributed by atoms with E-state index < -0.39 is 0 Å². The van der Waals surface area contributed by atoms with E-state index in [2.05, 4.69) is 38.3 Å². The van der Waals surface area contributed by atoms with Gasteiger partial charge in [0, 0.05) is 6.04 Å². The predicted molar refractivity (Wildman–Crippen MR) is 76.5 cm³/mol. The third-order valence-electron chi connectivity index (χ3n) is 4.43. The lowest BCUT2D eigenvalue weighted by Crippen LogP contribution is -2.30. The van der Waals surface area contributed by atoms with Crippen LogP contribution in [0.15, 0.2) is 12.1 Å². The smallest absolute Gasteiger partial charge is 0.125 e. The van der Waals surface area contributed by atoms with E-state index in [-0.39, 0.29) is 0 Å². The van der Waals surface area contributed by atoms with Crippen molar-refractivity contribution in [2.75, 3.05) is 14.2 Å². The molecular formula is C16H25NO. The van der Waals surface area contributed by atoms with Crippen LogP contribution >= 0.6 is 0 Å². The van der Waals surface area contributed by atoms with Gasteiger partial charge in [-0.15, -0.1) is 0 Å². The highest BCUT2D eigenvalue weighted by molar-refractivity contribution is 5.47. The summed E-state index contributed by atoms with van der Waals surface area (Å²) < 4.78 is 5.66. The third-order valence-corrected chi connectivity index (χ3v) is 4.43. The second-order valence-corrected chi connectivity index (χ2v) is 5.48. The average molecular weight is 247 g/mol. The van der Waals surface area contributed by atoms with Gasteiger partial charge in [-0.1, -0.05) is 18.6 Å². The number of methoxy groups -OCH3 is 1. The zero-order valence-corrected chi connectivity index (χ0v) is 12.0. The van der Waals surface area contributed by atoms with Crippen molar-refractivity contribution < 1.29 is 4.74 Å². The predicted octanol–water partition coefficient (Wildman–Crippen LogP) is 3.56. The minimum absolute atomic E-state index is 0.644. The standard InChI is InChI=1S/C16H25NO/c1-11-8-9-15(16(18-4)12(11)2)13-6-5-7-14(10-13)17-3/h8-9,13-14,17H,5-7,10H2,1-4H3. The second-order valence-electron chi connectivity index (χ2n) is 5.48. The maximum Gasteiger partial charge on any atom is 0.125 e. The number of hydrogen-bond acceptors (Lipinski definition) is 2. The number of nitrogens with one attached hydrogen (secondary N) is 1. The van der Waals surface area contributed by atoms with E-state index in [1.165, 1.54) is 42.4 Å². The Bertz CT molecular complexity index is 414. The Morgan fingerprint density at radius 3 is 2.67 bits per heavy atom. The molecule has 2 rings (SSSR count). The largest absolute Gasteiger partial charge is 0.496 e. The van der Waals surface area contributed by atoms with Crippen molar-refractivity contribution >= 4 is 0 Å². The van der Waals surface area contributed by atoms with Crippen molar-refractivity contribution in [3.05, 3.63) is 28.8 Å². The molecule has 0 radical (unpaired) electrons. The molecule has 2 nitrogen and oxygen atoms in total. The molecule has 1 aromatic carbocycles. The van der Waals surface area contributed by atoms with Gasteiger partial charge in [-0.05, 0) is 62.8 Å². The minimum Gasteiger partial charge on any atom is -0.496 e. The first-order valence-corrected chi connectivity index (χ1v) is 6.98. The molecule has 2 atom stereocenters. The normalized spacial score (nSPS) is 24.0. The van der Waals surface area contributed by atoms with Crippen molar-refractivity contribution in [2.24, 2.45) is 0 Å². The quantitative estimate of drug-likeness (QED) is 0.882. The Morgan fingerprint density at radius 2 is 2.00 bits per heavy atom. The molecule has 2 unspecified atom stereocenters. The Hall–Kier alpha value is -1.02. The van der Waals surface area contributed by atoms with E-state index in [0.29, 0.717) is 12.0 Å². The Balaban J connectivity index is 2.30. The second kappa shape index (κ2) is 5.75. The van der Waals surface area contributed by atoms with Gasteiger partial charge in [0.2, 0.25) is 0 Å². The van der Waals surface area contributed by atoms with E-state index in [4.69, 9.17) is 4.74 Å². The van der Waals surface area contributed by atoms with Crippen LogP contribution in [0.1, 0.15) is 48.3 Å². The van der Waals surface area contributed by atoms with Crippen molar-refractivity contribution in [1.82, 2.24) is 5.32 Å². The topological polar surface area (TPSA) is 21.3 Å². The SMILES string of the molecule is CNC1CCCC(c2ccc(C)c(C)c2OC)C1. The van der Waals surface area contributed by atoms with Crippen molar-refractivity contribution in [3.63, 3.8) is 0 Å². The Kier molecular flexibility index (Phi) is 4.28. The molecule has 1 aliphatic carbocycles. The average Bonchev–Trinajstić information content (AvgIpc) is 2.41. The van der Waals surface area contributed by atoms with Gasteiger partial charge in [-0.3, -0.25) is 0 Å². The zero-order chi connectivity index (χ0) is 13.1. The molecule has 100 valence electrons. The first-order valence-electron chi connectivity index (χ1n) is 6.98. The summed E-state index contributed by atoms with van der Waals surface area (Å²) in [6.07, 6.45) is 5.14. The first kappa shape index (κ1) is 13.4. The van der Waals surface area contributed by atoms with E-state index in [9.17, 15) is 0 Å². The van der Waals surface area contributed by atoms with Crippen LogP contribution in [-0.2, 0) is 0 Å². The molecule has 1 fully saturated rings. The summed E-state index contributed by atoms with van der Waals surface area (Å²) in [4.78, 5) is 0. The summed E-state index contributed by atoms with van der Waals surface area (Å²) in [6.45, 7) is 4.31. The number of aryl methyl sites for hydroxylation is 1. The lowest BCUT2D eigenvalue weighted by molar-refractivity contribution is 0.341. The van der Waals surface area contributed by atoms with Gasteiger partial charge < -0.3 is 10.1 Å². The summed E-state index contributed by atoms with van der Waals surface area (Å²) in [7, 11) is 3.87. The van der Waals surface area contributed by atoms with Crippen LogP contribution in [0.2, 0.25) is 0 Å². The third kappa shape index (κ3) is 2.54. The molecule has 1 N–H and O–H groups in total. The van der Waals surface area contributed by atoms with Crippen LogP contribution in [-0.4, -0.2) is 20.2 Å². The summed E-state index contributed by atoms with van der Waals surface area (Å²) in [5.41, 5.74) is 4.01. The van der Waals surface area contributed by atoms with Gasteiger partial charge in [0.15, 0.2) is 0 Å². The van der Waals surface area contributed by atoms with Crippen molar-refractivity contribution in [2.45, 2.75) is 51.5 Å². The molecule has 1 aliphatic rings. The molecule has 0 spiro atoms. The fourth-order valence-electron chi connectivity index (χ4n) is 3.14. The van der Waals surface area contributed by atoms with Crippen LogP contribution in [0.3, 0.4) is 0 Å². The molecule has 0 heterocycles. The van der Waals surface area contributed by atoms with Gasteiger partial charge in [-0.25, -0.2) is 0 Å². The lowest BCUT2D eigenvalue weighted by Gasteiger charge is -2.30. The highest BCUT2D eigenvalue weighted by Gasteiger charge is 2.25. The highest BCUT2D eigenvalue weighted by atomic mass is 16.5. The van der Waals surface area contributed by atoms with Crippen LogP contribution < -0.4 is 10.1 Å². The van der Waals surface area contributed by atoms with Crippen LogP contribution in [0.5, 0.6) is 5.75 Å². The van der Waals surface area contributed by atoms with Crippen molar-refractivity contribution in [1.29, 1.82) is 0 Å². The first-order chi connectivity index (χ1) is 8.67. The van der Waals surface area contributed by atoms with Gasteiger partial charge in [-0.2, -0.15) is 0 Å². The van der Waals surface area contributed by atoms with Gasteiger partial charge in [0.1, 0.15) is 5.75 Å². The number of benzene rings is 1.